The molecule has 0 aromatic heterocycles. The van der Waals surface area contributed by atoms with Crippen molar-refractivity contribution in [2.45, 2.75) is 48.3 Å². The largest absolute Gasteiger partial charge is 0.310 e. The van der Waals surface area contributed by atoms with Crippen LogP contribution < -0.4 is 4.90 Å². The number of hydrogen-bond acceptors (Lipinski definition) is 2. The van der Waals surface area contributed by atoms with Crippen LogP contribution in [0.25, 0.3) is 50.1 Å². The van der Waals surface area contributed by atoms with Gasteiger partial charge >= 0.3 is 0 Å². The summed E-state index contributed by atoms with van der Waals surface area (Å²) in [6.45, 7) is 9.14. The highest BCUT2D eigenvalue weighted by molar-refractivity contribution is 7.99. The van der Waals surface area contributed by atoms with E-state index in [0.29, 0.717) is 0 Å². The van der Waals surface area contributed by atoms with E-state index in [9.17, 15) is 0 Å². The second-order valence-corrected chi connectivity index (χ2v) is 19.4. The van der Waals surface area contributed by atoms with E-state index in [4.69, 9.17) is 0 Å². The van der Waals surface area contributed by atoms with Crippen LogP contribution in [0.3, 0.4) is 0 Å². The van der Waals surface area contributed by atoms with Crippen molar-refractivity contribution in [2.24, 2.45) is 0 Å². The van der Waals surface area contributed by atoms with E-state index < -0.39 is 5.41 Å². The number of allylic oxidation sites excluding steroid dienone is 4. The van der Waals surface area contributed by atoms with Gasteiger partial charge in [0.05, 0.1) is 11.1 Å². The standard InChI is InChI=1S/C64H49NS/c1-5-19-49-42(2)63(3,4)57-41-48(37-38-53(49)57)65(59-30-16-13-24-50(59)44-22-10-7-11-23-44)47-35-32-45(33-36-47)51-26-18-27-54-52-25-12-14-28-55(52)64(62(51)54)56-29-15-17-31-60(56)66-61-39-34-46(40-58(61)64)43-20-8-6-9-21-43/h5-41H,1-4H3/b19-5-. The van der Waals surface area contributed by atoms with Gasteiger partial charge in [0.1, 0.15) is 0 Å². The van der Waals surface area contributed by atoms with Gasteiger partial charge in [-0.3, -0.25) is 0 Å². The predicted molar refractivity (Wildman–Crippen MR) is 279 cm³/mol. The maximum atomic E-state index is 2.48. The molecule has 3 aliphatic rings. The number of hydrogen-bond donors (Lipinski definition) is 0. The summed E-state index contributed by atoms with van der Waals surface area (Å²) in [4.78, 5) is 5.07. The van der Waals surface area contributed by atoms with Gasteiger partial charge in [-0.25, -0.2) is 0 Å². The van der Waals surface area contributed by atoms with E-state index in [1.807, 2.05) is 11.8 Å². The van der Waals surface area contributed by atoms with Crippen molar-refractivity contribution in [1.29, 1.82) is 0 Å². The molecule has 66 heavy (non-hydrogen) atoms. The summed E-state index contributed by atoms with van der Waals surface area (Å²) in [5, 5.41) is 0. The zero-order valence-electron chi connectivity index (χ0n) is 37.7. The highest BCUT2D eigenvalue weighted by Gasteiger charge is 2.51. The van der Waals surface area contributed by atoms with Crippen LogP contribution in [0.4, 0.5) is 17.1 Å². The molecule has 2 heteroatoms. The minimum Gasteiger partial charge on any atom is -0.310 e. The van der Waals surface area contributed by atoms with Crippen molar-refractivity contribution < 1.29 is 0 Å². The van der Waals surface area contributed by atoms with E-state index in [2.05, 4.69) is 257 Å². The summed E-state index contributed by atoms with van der Waals surface area (Å²) in [5.41, 5.74) is 23.4. The first kappa shape index (κ1) is 40.1. The van der Waals surface area contributed by atoms with Gasteiger partial charge in [-0.2, -0.15) is 0 Å². The van der Waals surface area contributed by atoms with Gasteiger partial charge in [-0.15, -0.1) is 0 Å². The SMILES string of the molecule is C/C=C\C1=C(C)C(C)(C)c2cc(N(c3ccc(-c4cccc5c4C4(c6ccccc6Sc6ccc(-c7ccccc7)cc64)c4ccccc4-5)cc3)c3ccccc3-c3ccccc3)ccc21. The number of fused-ring (bicyclic) bond motifs is 10. The molecule has 0 N–H and O–H groups in total. The molecule has 0 bridgehead atoms. The fourth-order valence-electron chi connectivity index (χ4n) is 11.3. The molecular weight excluding hydrogens is 815 g/mol. The molecule has 12 rings (SSSR count). The molecule has 0 amide bonds. The van der Waals surface area contributed by atoms with E-state index in [0.717, 1.165) is 17.1 Å². The Balaban J connectivity index is 1.06. The van der Waals surface area contributed by atoms with Crippen LogP contribution in [-0.4, -0.2) is 0 Å². The first-order valence-corrected chi connectivity index (χ1v) is 23.9. The van der Waals surface area contributed by atoms with E-state index >= 15 is 0 Å². The molecule has 0 saturated heterocycles. The van der Waals surface area contributed by atoms with Crippen LogP contribution in [0.15, 0.2) is 240 Å². The molecule has 1 aliphatic heterocycles. The minimum atomic E-state index is -0.529. The Labute approximate surface area is 393 Å². The van der Waals surface area contributed by atoms with Gasteiger partial charge in [-0.1, -0.05) is 207 Å². The van der Waals surface area contributed by atoms with E-state index in [1.54, 1.807) is 0 Å². The molecule has 0 fully saturated rings. The molecule has 9 aromatic carbocycles. The lowest BCUT2D eigenvalue weighted by molar-refractivity contribution is 0.639. The fraction of sp³-hybridized carbons (Fsp3) is 0.0938. The van der Waals surface area contributed by atoms with Crippen molar-refractivity contribution in [1.82, 2.24) is 0 Å². The molecule has 2 aliphatic carbocycles. The zero-order valence-corrected chi connectivity index (χ0v) is 38.5. The Bertz CT molecular complexity index is 3430. The molecule has 1 unspecified atom stereocenters. The highest BCUT2D eigenvalue weighted by Crippen LogP contribution is 2.64. The van der Waals surface area contributed by atoms with Gasteiger partial charge in [-0.05, 0) is 140 Å². The van der Waals surface area contributed by atoms with Gasteiger partial charge in [0.2, 0.25) is 0 Å². The second kappa shape index (κ2) is 15.7. The number of para-hydroxylation sites is 1. The Kier molecular flexibility index (Phi) is 9.52. The number of nitrogens with zero attached hydrogens (tertiary/aromatic N) is 1. The molecule has 1 spiro atoms. The molecule has 316 valence electrons. The Morgan fingerprint density at radius 2 is 1.02 bits per heavy atom. The lowest BCUT2D eigenvalue weighted by Gasteiger charge is -2.41. The summed E-state index contributed by atoms with van der Waals surface area (Å²) >= 11 is 1.90. The Hall–Kier alpha value is -7.39. The van der Waals surface area contributed by atoms with Gasteiger partial charge < -0.3 is 4.90 Å². The molecule has 0 saturated carbocycles. The summed E-state index contributed by atoms with van der Waals surface area (Å²) in [6, 6.07) is 79.4. The third-order valence-corrected chi connectivity index (χ3v) is 15.8. The van der Waals surface area contributed by atoms with Crippen molar-refractivity contribution in [3.63, 3.8) is 0 Å². The van der Waals surface area contributed by atoms with Crippen LogP contribution in [0.2, 0.25) is 0 Å². The number of anilines is 3. The Morgan fingerprint density at radius 3 is 1.79 bits per heavy atom. The van der Waals surface area contributed by atoms with Crippen molar-refractivity contribution >= 4 is 34.4 Å². The maximum Gasteiger partial charge on any atom is 0.0741 e. The average molecular weight is 864 g/mol. The van der Waals surface area contributed by atoms with E-state index in [-0.39, 0.29) is 5.41 Å². The summed E-state index contributed by atoms with van der Waals surface area (Å²) < 4.78 is 0. The van der Waals surface area contributed by atoms with Crippen LogP contribution in [0, 0.1) is 0 Å². The lowest BCUT2D eigenvalue weighted by atomic mass is 9.65. The molecule has 9 aromatic rings. The monoisotopic (exact) mass is 863 g/mol. The number of benzene rings is 9. The Morgan fingerprint density at radius 1 is 0.424 bits per heavy atom. The van der Waals surface area contributed by atoms with Crippen LogP contribution >= 0.6 is 11.8 Å². The first-order chi connectivity index (χ1) is 32.4. The molecule has 1 atom stereocenters. The lowest BCUT2D eigenvalue weighted by Crippen LogP contribution is -2.32. The molecule has 0 radical (unpaired) electrons. The van der Waals surface area contributed by atoms with Gasteiger partial charge in [0.25, 0.3) is 0 Å². The van der Waals surface area contributed by atoms with Gasteiger partial charge in [0.15, 0.2) is 0 Å². The summed E-state index contributed by atoms with van der Waals surface area (Å²) in [7, 11) is 0. The first-order valence-electron chi connectivity index (χ1n) is 23.1. The van der Waals surface area contributed by atoms with Crippen LogP contribution in [0.1, 0.15) is 61.1 Å². The van der Waals surface area contributed by atoms with Crippen molar-refractivity contribution in [3.05, 3.63) is 263 Å². The minimum absolute atomic E-state index is 0.105. The normalized spacial score (nSPS) is 16.2. The average Bonchev–Trinajstić information content (AvgIpc) is 3.76. The zero-order chi connectivity index (χ0) is 44.6. The summed E-state index contributed by atoms with van der Waals surface area (Å²) in [5.74, 6) is 0. The third kappa shape index (κ3) is 6.01. The number of rotatable bonds is 7. The molecule has 1 heterocycles. The highest BCUT2D eigenvalue weighted by atomic mass is 32.2. The van der Waals surface area contributed by atoms with Crippen molar-refractivity contribution in [2.75, 3.05) is 4.90 Å². The summed E-state index contributed by atoms with van der Waals surface area (Å²) in [6.07, 6.45) is 4.44. The van der Waals surface area contributed by atoms with Gasteiger partial charge in [0, 0.05) is 32.1 Å². The molecule has 1 nitrogen and oxygen atoms in total. The van der Waals surface area contributed by atoms with Crippen molar-refractivity contribution in [3.8, 4) is 44.5 Å². The topological polar surface area (TPSA) is 3.24 Å². The van der Waals surface area contributed by atoms with Crippen LogP contribution in [-0.2, 0) is 10.8 Å². The second-order valence-electron chi connectivity index (χ2n) is 18.4. The molecular formula is C64H49NS. The predicted octanol–water partition coefficient (Wildman–Crippen LogP) is 17.6. The smallest absolute Gasteiger partial charge is 0.0741 e. The van der Waals surface area contributed by atoms with E-state index in [1.165, 1.54) is 98.8 Å². The fourth-order valence-corrected chi connectivity index (χ4v) is 12.5. The third-order valence-electron chi connectivity index (χ3n) is 14.6. The van der Waals surface area contributed by atoms with Crippen LogP contribution in [0.5, 0.6) is 0 Å². The maximum absolute atomic E-state index is 2.48. The quantitative estimate of drug-likeness (QED) is 0.157.